The topological polar surface area (TPSA) is 110 Å². The van der Waals surface area contributed by atoms with Crippen molar-refractivity contribution in [1.29, 1.82) is 0 Å². The largest absolute Gasteiger partial charge is 0.456 e. The molecular formula is C22H20N2O6. The molecule has 8 nitrogen and oxygen atoms in total. The summed E-state index contributed by atoms with van der Waals surface area (Å²) in [7, 11) is 0. The van der Waals surface area contributed by atoms with E-state index in [0.29, 0.717) is 22.4 Å². The lowest BCUT2D eigenvalue weighted by Crippen LogP contribution is -2.43. The molecular weight excluding hydrogens is 388 g/mol. The van der Waals surface area contributed by atoms with Crippen LogP contribution in [0, 0.1) is 0 Å². The van der Waals surface area contributed by atoms with Crippen LogP contribution in [0.3, 0.4) is 0 Å². The number of anilines is 1. The van der Waals surface area contributed by atoms with E-state index >= 15 is 0 Å². The molecule has 3 amide bonds. The van der Waals surface area contributed by atoms with Gasteiger partial charge in [0, 0.05) is 23.4 Å². The van der Waals surface area contributed by atoms with E-state index in [4.69, 9.17) is 4.74 Å². The zero-order valence-corrected chi connectivity index (χ0v) is 16.3. The second-order valence-electron chi connectivity index (χ2n) is 6.78. The minimum Gasteiger partial charge on any atom is -0.456 e. The number of Topliss-reactive ketones (excluding diaryl/α,β-unsaturated/α-hetero) is 1. The number of fused-ring (bicyclic) bond motifs is 1. The number of ether oxygens (including phenoxy) is 1. The Morgan fingerprint density at radius 3 is 2.43 bits per heavy atom. The van der Waals surface area contributed by atoms with Gasteiger partial charge in [-0.15, -0.1) is 0 Å². The Bertz CT molecular complexity index is 1010. The van der Waals surface area contributed by atoms with Crippen molar-refractivity contribution in [2.75, 3.05) is 18.5 Å². The number of carbonyl (C=O) groups is 5. The van der Waals surface area contributed by atoms with Crippen LogP contribution in [0.2, 0.25) is 0 Å². The molecule has 0 radical (unpaired) electrons. The molecule has 1 heterocycles. The van der Waals surface area contributed by atoms with Crippen LogP contribution in [0.5, 0.6) is 0 Å². The summed E-state index contributed by atoms with van der Waals surface area (Å²) in [6.45, 7) is 0.827. The third kappa shape index (κ3) is 4.96. The number of hydrogen-bond donors (Lipinski definition) is 1. The summed E-state index contributed by atoms with van der Waals surface area (Å²) in [5.41, 5.74) is 2.09. The molecule has 0 spiro atoms. The van der Waals surface area contributed by atoms with E-state index in [2.05, 4.69) is 5.32 Å². The summed E-state index contributed by atoms with van der Waals surface area (Å²) in [4.78, 5) is 60.7. The summed E-state index contributed by atoms with van der Waals surface area (Å²) in [6.07, 6.45) is -0.109. The van der Waals surface area contributed by atoms with Gasteiger partial charge in [0.25, 0.3) is 11.8 Å². The lowest BCUT2D eigenvalue weighted by molar-refractivity contribution is -0.147. The molecule has 2 aromatic carbocycles. The molecule has 8 heteroatoms. The fraction of sp³-hybridized carbons (Fsp3) is 0.227. The molecule has 30 heavy (non-hydrogen) atoms. The number of rotatable bonds is 7. The van der Waals surface area contributed by atoms with E-state index in [1.807, 2.05) is 0 Å². The fourth-order valence-corrected chi connectivity index (χ4v) is 3.03. The van der Waals surface area contributed by atoms with Gasteiger partial charge in [-0.2, -0.15) is 0 Å². The van der Waals surface area contributed by atoms with Crippen molar-refractivity contribution in [2.45, 2.75) is 19.8 Å². The maximum Gasteiger partial charge on any atom is 0.308 e. The minimum atomic E-state index is -0.698. The van der Waals surface area contributed by atoms with Crippen molar-refractivity contribution < 1.29 is 28.7 Å². The van der Waals surface area contributed by atoms with Crippen molar-refractivity contribution >= 4 is 35.2 Å². The number of esters is 1. The number of benzene rings is 2. The Kier molecular flexibility index (Phi) is 6.36. The Hall–Kier alpha value is -3.81. The van der Waals surface area contributed by atoms with Crippen molar-refractivity contribution in [3.8, 4) is 0 Å². The van der Waals surface area contributed by atoms with E-state index in [0.717, 1.165) is 4.90 Å². The monoisotopic (exact) mass is 408 g/mol. The molecule has 1 N–H and O–H groups in total. The van der Waals surface area contributed by atoms with E-state index in [9.17, 15) is 24.0 Å². The van der Waals surface area contributed by atoms with E-state index in [1.54, 1.807) is 48.5 Å². The Morgan fingerprint density at radius 2 is 1.73 bits per heavy atom. The van der Waals surface area contributed by atoms with Gasteiger partial charge in [-0.25, -0.2) is 0 Å². The quantitative estimate of drug-likeness (QED) is 0.426. The number of nitrogens with zero attached hydrogens (tertiary/aromatic N) is 1. The first-order valence-corrected chi connectivity index (χ1v) is 9.34. The van der Waals surface area contributed by atoms with Gasteiger partial charge >= 0.3 is 5.97 Å². The van der Waals surface area contributed by atoms with Gasteiger partial charge in [-0.1, -0.05) is 18.2 Å². The molecule has 0 atom stereocenters. The first kappa shape index (κ1) is 20.9. The van der Waals surface area contributed by atoms with Gasteiger partial charge in [0.15, 0.2) is 12.4 Å². The van der Waals surface area contributed by atoms with Gasteiger partial charge in [0.1, 0.15) is 0 Å². The van der Waals surface area contributed by atoms with E-state index in [1.165, 1.54) is 6.92 Å². The fourth-order valence-electron chi connectivity index (χ4n) is 3.03. The highest BCUT2D eigenvalue weighted by Gasteiger charge is 2.30. The normalized spacial score (nSPS) is 12.9. The predicted octanol–water partition coefficient (Wildman–Crippen LogP) is 1.99. The number of amides is 3. The molecule has 154 valence electrons. The van der Waals surface area contributed by atoms with Gasteiger partial charge in [0.2, 0.25) is 5.91 Å². The van der Waals surface area contributed by atoms with Crippen molar-refractivity contribution in [1.82, 2.24) is 4.90 Å². The van der Waals surface area contributed by atoms with Crippen LogP contribution in [0.25, 0.3) is 0 Å². The zero-order chi connectivity index (χ0) is 21.7. The molecule has 0 saturated carbocycles. The van der Waals surface area contributed by atoms with E-state index < -0.39 is 24.4 Å². The number of imide groups is 1. The SMILES string of the molecule is CC(=O)c1ccc(NC(=O)COC(=O)CCN2C(=O)Cc3ccccc3C2=O)cc1. The average molecular weight is 408 g/mol. The van der Waals surface area contributed by atoms with E-state index in [-0.39, 0.29) is 31.1 Å². The van der Waals surface area contributed by atoms with Crippen LogP contribution in [0.15, 0.2) is 48.5 Å². The lowest BCUT2D eigenvalue weighted by Gasteiger charge is -2.26. The summed E-state index contributed by atoms with van der Waals surface area (Å²) in [5, 5.41) is 2.55. The standard InChI is InChI=1S/C22H20N2O6/c1-14(25)15-6-8-17(9-7-15)23-19(26)13-30-21(28)10-11-24-20(27)12-16-4-2-3-5-18(16)22(24)29/h2-9H,10-13H2,1H3,(H,23,26). The number of carbonyl (C=O) groups excluding carboxylic acids is 5. The highest BCUT2D eigenvalue weighted by Crippen LogP contribution is 2.19. The molecule has 0 aliphatic carbocycles. The summed E-state index contributed by atoms with van der Waals surface area (Å²) >= 11 is 0. The average Bonchev–Trinajstić information content (AvgIpc) is 2.72. The second-order valence-corrected chi connectivity index (χ2v) is 6.78. The van der Waals surface area contributed by atoms with Crippen molar-refractivity contribution in [2.24, 2.45) is 0 Å². The van der Waals surface area contributed by atoms with Gasteiger partial charge < -0.3 is 10.1 Å². The summed E-state index contributed by atoms with van der Waals surface area (Å²) in [5.74, 6) is -2.15. The van der Waals surface area contributed by atoms with Crippen LogP contribution in [0.4, 0.5) is 5.69 Å². The maximum absolute atomic E-state index is 12.4. The highest BCUT2D eigenvalue weighted by atomic mass is 16.5. The molecule has 0 fully saturated rings. The maximum atomic E-state index is 12.4. The Balaban J connectivity index is 1.45. The molecule has 0 unspecified atom stereocenters. The number of hydrogen-bond acceptors (Lipinski definition) is 6. The molecule has 0 aromatic heterocycles. The Morgan fingerprint density at radius 1 is 1.03 bits per heavy atom. The first-order valence-electron chi connectivity index (χ1n) is 9.34. The minimum absolute atomic E-state index is 0.0871. The van der Waals surface area contributed by atoms with Crippen LogP contribution >= 0.6 is 0 Å². The van der Waals surface area contributed by atoms with Crippen LogP contribution in [0.1, 0.15) is 39.6 Å². The lowest BCUT2D eigenvalue weighted by atomic mass is 9.98. The van der Waals surface area contributed by atoms with Gasteiger partial charge in [-0.3, -0.25) is 28.9 Å². The molecule has 1 aliphatic heterocycles. The van der Waals surface area contributed by atoms with Crippen LogP contribution < -0.4 is 5.32 Å². The molecule has 3 rings (SSSR count). The predicted molar refractivity (Wildman–Crippen MR) is 107 cm³/mol. The summed E-state index contributed by atoms with van der Waals surface area (Å²) < 4.78 is 4.91. The van der Waals surface area contributed by atoms with Crippen LogP contribution in [-0.2, 0) is 25.5 Å². The third-order valence-electron chi connectivity index (χ3n) is 4.61. The highest BCUT2D eigenvalue weighted by molar-refractivity contribution is 6.09. The molecule has 0 saturated heterocycles. The summed E-state index contributed by atoms with van der Waals surface area (Å²) in [6, 6.07) is 13.1. The molecule has 2 aromatic rings. The number of nitrogens with one attached hydrogen (secondary N) is 1. The molecule has 1 aliphatic rings. The van der Waals surface area contributed by atoms with Crippen LogP contribution in [-0.4, -0.2) is 47.5 Å². The molecule has 0 bridgehead atoms. The van der Waals surface area contributed by atoms with Gasteiger partial charge in [0.05, 0.1) is 12.8 Å². The van der Waals surface area contributed by atoms with Crippen molar-refractivity contribution in [3.05, 3.63) is 65.2 Å². The number of ketones is 1. The zero-order valence-electron chi connectivity index (χ0n) is 16.3. The second kappa shape index (κ2) is 9.13. The first-order chi connectivity index (χ1) is 14.3. The smallest absolute Gasteiger partial charge is 0.308 e. The Labute approximate surface area is 172 Å². The van der Waals surface area contributed by atoms with Crippen molar-refractivity contribution in [3.63, 3.8) is 0 Å². The van der Waals surface area contributed by atoms with Gasteiger partial charge in [-0.05, 0) is 42.8 Å². The third-order valence-corrected chi connectivity index (χ3v) is 4.61.